The van der Waals surface area contributed by atoms with Crippen molar-refractivity contribution in [3.8, 4) is 0 Å². The largest absolute Gasteiger partial charge is 0.263 e. The summed E-state index contributed by atoms with van der Waals surface area (Å²) in [6, 6.07) is 6.51. The number of fused-ring (bicyclic) bond motifs is 1. The molecule has 0 fully saturated rings. The molecule has 1 aromatic heterocycles. The van der Waals surface area contributed by atoms with E-state index in [-0.39, 0.29) is 5.41 Å². The molecule has 0 spiro atoms. The van der Waals surface area contributed by atoms with Crippen molar-refractivity contribution in [3.05, 3.63) is 41.2 Å². The summed E-state index contributed by atoms with van der Waals surface area (Å²) in [6.07, 6.45) is 5.94. The Labute approximate surface area is 108 Å². The van der Waals surface area contributed by atoms with Crippen LogP contribution in [0.25, 0.3) is 10.8 Å². The molecule has 0 aliphatic carbocycles. The quantitative estimate of drug-likeness (QED) is 0.747. The van der Waals surface area contributed by atoms with Crippen molar-refractivity contribution in [1.82, 2.24) is 4.98 Å². The zero-order valence-electron chi connectivity index (χ0n) is 10.6. The summed E-state index contributed by atoms with van der Waals surface area (Å²) in [4.78, 5) is 4.11. The van der Waals surface area contributed by atoms with Gasteiger partial charge in [0.2, 0.25) is 0 Å². The van der Waals surface area contributed by atoms with Crippen LogP contribution in [0.1, 0.15) is 39.2 Å². The molecule has 0 radical (unpaired) electrons. The smallest absolute Gasteiger partial charge is 0.0667 e. The van der Waals surface area contributed by atoms with Gasteiger partial charge in [-0.1, -0.05) is 50.9 Å². The molecule has 0 N–H and O–H groups in total. The zero-order chi connectivity index (χ0) is 12.5. The van der Waals surface area contributed by atoms with Crippen molar-refractivity contribution in [1.29, 1.82) is 0 Å². The average Bonchev–Trinajstić information content (AvgIpc) is 2.29. The molecular weight excluding hydrogens is 230 g/mol. The maximum absolute atomic E-state index is 6.19. The Kier molecular flexibility index (Phi) is 3.39. The Balaban J connectivity index is 2.54. The fourth-order valence-electron chi connectivity index (χ4n) is 2.32. The Morgan fingerprint density at radius 1 is 1.24 bits per heavy atom. The lowest BCUT2D eigenvalue weighted by atomic mass is 9.80. The molecule has 90 valence electrons. The maximum atomic E-state index is 6.19. The van der Waals surface area contributed by atoms with E-state index in [1.807, 2.05) is 6.20 Å². The van der Waals surface area contributed by atoms with Gasteiger partial charge < -0.3 is 0 Å². The van der Waals surface area contributed by atoms with Gasteiger partial charge in [0.15, 0.2) is 0 Å². The molecule has 2 rings (SSSR count). The SMILES string of the molecule is CCCC(C)(C)c1ccc2cncc(Cl)c2c1. The molecule has 17 heavy (non-hydrogen) atoms. The molecule has 0 saturated heterocycles. The molecule has 0 saturated carbocycles. The molecule has 0 unspecified atom stereocenters. The highest BCUT2D eigenvalue weighted by Crippen LogP contribution is 2.32. The van der Waals surface area contributed by atoms with Gasteiger partial charge in [-0.15, -0.1) is 0 Å². The third kappa shape index (κ3) is 2.44. The number of benzene rings is 1. The van der Waals surface area contributed by atoms with Crippen LogP contribution in [0.3, 0.4) is 0 Å². The Morgan fingerprint density at radius 3 is 2.71 bits per heavy atom. The first-order valence-corrected chi connectivity index (χ1v) is 6.46. The van der Waals surface area contributed by atoms with Crippen molar-refractivity contribution >= 4 is 22.4 Å². The number of hydrogen-bond donors (Lipinski definition) is 0. The van der Waals surface area contributed by atoms with Crippen LogP contribution in [0.15, 0.2) is 30.6 Å². The van der Waals surface area contributed by atoms with Crippen LogP contribution in [0.2, 0.25) is 5.02 Å². The third-order valence-corrected chi connectivity index (χ3v) is 3.67. The number of aromatic nitrogens is 1. The number of pyridine rings is 1. The van der Waals surface area contributed by atoms with E-state index >= 15 is 0 Å². The number of nitrogens with zero attached hydrogens (tertiary/aromatic N) is 1. The lowest BCUT2D eigenvalue weighted by molar-refractivity contribution is 0.473. The topological polar surface area (TPSA) is 12.9 Å². The van der Waals surface area contributed by atoms with Crippen LogP contribution < -0.4 is 0 Å². The summed E-state index contributed by atoms with van der Waals surface area (Å²) in [7, 11) is 0. The van der Waals surface area contributed by atoms with Crippen molar-refractivity contribution in [2.24, 2.45) is 0 Å². The van der Waals surface area contributed by atoms with Crippen molar-refractivity contribution in [2.45, 2.75) is 39.0 Å². The summed E-state index contributed by atoms with van der Waals surface area (Å²) < 4.78 is 0. The second-order valence-electron chi connectivity index (χ2n) is 5.19. The molecule has 0 aliphatic rings. The Bertz CT molecular complexity index is 531. The summed E-state index contributed by atoms with van der Waals surface area (Å²) in [5.74, 6) is 0. The Hall–Kier alpha value is -1.08. The highest BCUT2D eigenvalue weighted by atomic mass is 35.5. The first-order chi connectivity index (χ1) is 8.04. The second kappa shape index (κ2) is 4.66. The molecule has 0 atom stereocenters. The van der Waals surface area contributed by atoms with E-state index in [0.717, 1.165) is 15.8 Å². The maximum Gasteiger partial charge on any atom is 0.0667 e. The van der Waals surface area contributed by atoms with E-state index in [4.69, 9.17) is 11.6 Å². The van der Waals surface area contributed by atoms with Crippen molar-refractivity contribution in [2.75, 3.05) is 0 Å². The third-order valence-electron chi connectivity index (χ3n) is 3.37. The molecule has 1 aromatic carbocycles. The lowest BCUT2D eigenvalue weighted by Gasteiger charge is -2.25. The summed E-state index contributed by atoms with van der Waals surface area (Å²) in [5, 5.41) is 2.94. The minimum atomic E-state index is 0.204. The average molecular weight is 248 g/mol. The summed E-state index contributed by atoms with van der Waals surface area (Å²) in [6.45, 7) is 6.79. The van der Waals surface area contributed by atoms with Crippen LogP contribution >= 0.6 is 11.6 Å². The fourth-order valence-corrected chi connectivity index (χ4v) is 2.54. The monoisotopic (exact) mass is 247 g/mol. The van der Waals surface area contributed by atoms with E-state index in [2.05, 4.69) is 44.0 Å². The predicted octanol–water partition coefficient (Wildman–Crippen LogP) is 4.97. The summed E-state index contributed by atoms with van der Waals surface area (Å²) >= 11 is 6.19. The first-order valence-electron chi connectivity index (χ1n) is 6.08. The number of halogens is 1. The van der Waals surface area contributed by atoms with Crippen LogP contribution in [-0.4, -0.2) is 4.98 Å². The van der Waals surface area contributed by atoms with Crippen LogP contribution in [0.4, 0.5) is 0 Å². The minimum absolute atomic E-state index is 0.204. The van der Waals surface area contributed by atoms with Gasteiger partial charge in [-0.05, 0) is 23.5 Å². The first kappa shape index (κ1) is 12.4. The van der Waals surface area contributed by atoms with Gasteiger partial charge in [0.1, 0.15) is 0 Å². The zero-order valence-corrected chi connectivity index (χ0v) is 11.4. The lowest BCUT2D eigenvalue weighted by Crippen LogP contribution is -2.16. The van der Waals surface area contributed by atoms with Crippen molar-refractivity contribution < 1.29 is 0 Å². The van der Waals surface area contributed by atoms with Gasteiger partial charge in [-0.2, -0.15) is 0 Å². The standard InChI is InChI=1S/C15H18ClN/c1-4-7-15(2,3)12-6-5-11-9-17-10-14(16)13(11)8-12/h5-6,8-10H,4,7H2,1-3H3. The van der Waals surface area contributed by atoms with Gasteiger partial charge in [0.05, 0.1) is 5.02 Å². The van der Waals surface area contributed by atoms with Crippen LogP contribution in [0.5, 0.6) is 0 Å². The van der Waals surface area contributed by atoms with Gasteiger partial charge >= 0.3 is 0 Å². The molecule has 0 amide bonds. The molecule has 1 heterocycles. The minimum Gasteiger partial charge on any atom is -0.263 e. The van der Waals surface area contributed by atoms with Gasteiger partial charge in [0.25, 0.3) is 0 Å². The van der Waals surface area contributed by atoms with Crippen LogP contribution in [0, 0.1) is 0 Å². The molecule has 0 bridgehead atoms. The molecule has 2 aromatic rings. The van der Waals surface area contributed by atoms with E-state index in [9.17, 15) is 0 Å². The normalized spacial score (nSPS) is 12.0. The molecular formula is C15H18ClN. The van der Waals surface area contributed by atoms with Gasteiger partial charge in [-0.25, -0.2) is 0 Å². The number of hydrogen-bond acceptors (Lipinski definition) is 1. The summed E-state index contributed by atoms with van der Waals surface area (Å²) in [5.41, 5.74) is 1.55. The van der Waals surface area contributed by atoms with E-state index in [1.54, 1.807) is 6.20 Å². The highest BCUT2D eigenvalue weighted by molar-refractivity contribution is 6.35. The van der Waals surface area contributed by atoms with Gasteiger partial charge in [-0.3, -0.25) is 4.98 Å². The van der Waals surface area contributed by atoms with Crippen molar-refractivity contribution in [3.63, 3.8) is 0 Å². The van der Waals surface area contributed by atoms with E-state index in [1.165, 1.54) is 18.4 Å². The van der Waals surface area contributed by atoms with Crippen LogP contribution in [-0.2, 0) is 5.41 Å². The highest BCUT2D eigenvalue weighted by Gasteiger charge is 2.19. The second-order valence-corrected chi connectivity index (χ2v) is 5.60. The Morgan fingerprint density at radius 2 is 2.00 bits per heavy atom. The van der Waals surface area contributed by atoms with E-state index < -0.39 is 0 Å². The molecule has 2 heteroatoms. The number of rotatable bonds is 3. The molecule has 0 aliphatic heterocycles. The predicted molar refractivity (Wildman–Crippen MR) is 74.7 cm³/mol. The van der Waals surface area contributed by atoms with Gasteiger partial charge in [0, 0.05) is 23.2 Å². The fraction of sp³-hybridized carbons (Fsp3) is 0.400. The van der Waals surface area contributed by atoms with E-state index in [0.29, 0.717) is 0 Å². The molecule has 1 nitrogen and oxygen atoms in total.